The van der Waals surface area contributed by atoms with E-state index in [0.717, 1.165) is 56.0 Å². The lowest BCUT2D eigenvalue weighted by Gasteiger charge is -2.37. The number of carbonyl (C=O) groups is 2. The summed E-state index contributed by atoms with van der Waals surface area (Å²) in [5.74, 6) is 1.69. The van der Waals surface area contributed by atoms with Gasteiger partial charge in [-0.05, 0) is 67.1 Å². The number of nitrogens with one attached hydrogen (secondary N) is 3. The van der Waals surface area contributed by atoms with Gasteiger partial charge in [-0.2, -0.15) is 0 Å². The topological polar surface area (TPSA) is 106 Å². The van der Waals surface area contributed by atoms with E-state index < -0.39 is 6.04 Å². The number of benzene rings is 2. The highest BCUT2D eigenvalue weighted by Gasteiger charge is 2.35. The molecular weight excluding hydrogens is 552 g/mol. The van der Waals surface area contributed by atoms with Gasteiger partial charge in [-0.3, -0.25) is 19.4 Å². The number of hydrogen-bond donors (Lipinski definition) is 3. The fraction of sp³-hybridized carbons (Fsp3) is 0.471. The van der Waals surface area contributed by atoms with Crippen LogP contribution in [0, 0.1) is 5.92 Å². The predicted molar refractivity (Wildman–Crippen MR) is 175 cm³/mol. The largest absolute Gasteiger partial charge is 0.343 e. The van der Waals surface area contributed by atoms with Crippen molar-refractivity contribution in [2.45, 2.75) is 65.7 Å². The Morgan fingerprint density at radius 1 is 0.841 bits per heavy atom. The van der Waals surface area contributed by atoms with Gasteiger partial charge in [0.15, 0.2) is 0 Å². The maximum Gasteiger partial charge on any atom is 0.245 e. The fourth-order valence-corrected chi connectivity index (χ4v) is 6.40. The van der Waals surface area contributed by atoms with Gasteiger partial charge in [0.1, 0.15) is 24.0 Å². The highest BCUT2D eigenvalue weighted by molar-refractivity contribution is 5.90. The van der Waals surface area contributed by atoms with Crippen LogP contribution in [-0.4, -0.2) is 81.3 Å². The summed E-state index contributed by atoms with van der Waals surface area (Å²) < 4.78 is 0. The minimum atomic E-state index is -0.505. The van der Waals surface area contributed by atoms with Crippen molar-refractivity contribution in [3.8, 4) is 0 Å². The molecule has 0 radical (unpaired) electrons. The second kappa shape index (κ2) is 14.2. The molecule has 10 nitrogen and oxygen atoms in total. The zero-order valence-electron chi connectivity index (χ0n) is 25.1. The lowest BCUT2D eigenvalue weighted by atomic mass is 10.0. The molecule has 10 heteroatoms. The second-order valence-corrected chi connectivity index (χ2v) is 12.4. The Kier molecular flexibility index (Phi) is 10.1. The van der Waals surface area contributed by atoms with Gasteiger partial charge in [-0.25, -0.2) is 9.97 Å². The van der Waals surface area contributed by atoms with Crippen molar-refractivity contribution < 1.29 is 9.59 Å². The monoisotopic (exact) mass is 598 g/mol. The number of amides is 2. The number of fused-ring (bicyclic) bond motifs is 5. The molecule has 0 spiro atoms. The third-order valence-corrected chi connectivity index (χ3v) is 8.53. The molecule has 8 bridgehead atoms. The molecule has 4 aliphatic rings. The summed E-state index contributed by atoms with van der Waals surface area (Å²) in [7, 11) is 0. The summed E-state index contributed by atoms with van der Waals surface area (Å²) >= 11 is 0. The molecule has 2 aromatic carbocycles. The lowest BCUT2D eigenvalue weighted by molar-refractivity contribution is -0.139. The zero-order valence-corrected chi connectivity index (χ0v) is 25.1. The number of carbonyl (C=O) groups excluding carboxylic acids is 2. The first kappa shape index (κ1) is 31.4. The highest BCUT2D eigenvalue weighted by Crippen LogP contribution is 2.25. The molecule has 5 heterocycles. The summed E-state index contributed by atoms with van der Waals surface area (Å²) in [4.78, 5) is 42.8. The zero-order chi connectivity index (χ0) is 29.8. The molecule has 2 atom stereocenters. The van der Waals surface area contributed by atoms with Gasteiger partial charge in [0.2, 0.25) is 11.8 Å². The molecule has 4 aliphatic heterocycles. The van der Waals surface area contributed by atoms with E-state index in [0.29, 0.717) is 43.6 Å². The van der Waals surface area contributed by atoms with E-state index in [1.54, 1.807) is 6.33 Å². The van der Waals surface area contributed by atoms with Crippen LogP contribution in [-0.2, 0) is 22.7 Å². The second-order valence-electron chi connectivity index (χ2n) is 12.4. The van der Waals surface area contributed by atoms with Crippen LogP contribution in [0.4, 0.5) is 23.0 Å². The number of anilines is 4. The third kappa shape index (κ3) is 7.73. The van der Waals surface area contributed by atoms with Crippen LogP contribution < -0.4 is 16.0 Å². The van der Waals surface area contributed by atoms with E-state index in [1.165, 1.54) is 5.56 Å². The molecule has 2 amide bonds. The Balaban J connectivity index is 0.00000384. The normalized spacial score (nSPS) is 22.8. The number of hydrogen-bond acceptors (Lipinski definition) is 8. The van der Waals surface area contributed by atoms with Crippen LogP contribution in [0.2, 0.25) is 0 Å². The van der Waals surface area contributed by atoms with Crippen LogP contribution in [0.1, 0.15) is 51.7 Å². The van der Waals surface area contributed by atoms with E-state index in [9.17, 15) is 9.59 Å². The van der Waals surface area contributed by atoms with Crippen molar-refractivity contribution in [1.82, 2.24) is 30.0 Å². The van der Waals surface area contributed by atoms with Crippen molar-refractivity contribution >= 4 is 34.8 Å². The Morgan fingerprint density at radius 2 is 1.48 bits per heavy atom. The summed E-state index contributed by atoms with van der Waals surface area (Å²) in [6.07, 6.45) is 3.94. The molecule has 0 aliphatic carbocycles. The quantitative estimate of drug-likeness (QED) is 0.388. The minimum absolute atomic E-state index is 0. The minimum Gasteiger partial charge on any atom is -0.343 e. The maximum atomic E-state index is 13.7. The van der Waals surface area contributed by atoms with Crippen LogP contribution in [0.5, 0.6) is 0 Å². The number of aromatic nitrogens is 2. The van der Waals surface area contributed by atoms with Gasteiger partial charge in [0.05, 0.1) is 6.04 Å². The Bertz CT molecular complexity index is 1440. The van der Waals surface area contributed by atoms with Crippen molar-refractivity contribution in [3.63, 3.8) is 0 Å². The molecule has 1 aromatic heterocycles. The molecule has 2 saturated heterocycles. The summed E-state index contributed by atoms with van der Waals surface area (Å²) in [6.45, 7) is 9.42. The maximum absolute atomic E-state index is 13.7. The predicted octanol–water partition coefficient (Wildman–Crippen LogP) is 4.75. The number of nitrogens with zero attached hydrogens (tertiary/aromatic N) is 5. The van der Waals surface area contributed by atoms with E-state index in [4.69, 9.17) is 0 Å². The average Bonchev–Trinajstić information content (AvgIpc) is 3.45. The molecular formula is C34H46N8O2. The van der Waals surface area contributed by atoms with Gasteiger partial charge in [-0.15, -0.1) is 0 Å². The number of piperazine rings is 1. The van der Waals surface area contributed by atoms with Crippen molar-refractivity contribution in [2.75, 3.05) is 43.4 Å². The Hall–Kier alpha value is -4.02. The van der Waals surface area contributed by atoms with E-state index >= 15 is 0 Å². The molecule has 234 valence electrons. The van der Waals surface area contributed by atoms with E-state index in [2.05, 4.69) is 79.9 Å². The standard InChI is InChI=1S/C33H42N8O2.CH4/c1-23(2)16-28-33(43)40-14-12-39(13-15-40)20-24-6-3-8-26(17-24)36-30-19-31(35-22-34-30)37-27-9-4-7-25(18-27)21-41-11-5-10-29(41)32(42)38-28;/h3-4,6-9,17-19,22-23,28-29H,5,10-16,20-21H2,1-2H3,(H,38,42)(H2,34,35,36,37);1H4/t28-,29+;/m0./s1. The molecule has 2 fully saturated rings. The molecule has 44 heavy (non-hydrogen) atoms. The molecule has 7 rings (SSSR count). The SMILES string of the molecule is C.CC(C)C[C@@H]1NC(=O)[C@H]2CCCN2Cc2cccc(c2)Nc2cc(ncn2)Nc2cccc(c2)CN2CCN(CC2)C1=O. The van der Waals surface area contributed by atoms with Crippen LogP contribution in [0.25, 0.3) is 0 Å². The van der Waals surface area contributed by atoms with Gasteiger partial charge in [-0.1, -0.05) is 45.5 Å². The van der Waals surface area contributed by atoms with Crippen molar-refractivity contribution in [2.24, 2.45) is 5.92 Å². The molecule has 0 unspecified atom stereocenters. The van der Waals surface area contributed by atoms with Crippen LogP contribution in [0.3, 0.4) is 0 Å². The summed E-state index contributed by atoms with van der Waals surface area (Å²) in [5, 5.41) is 10.0. The van der Waals surface area contributed by atoms with Crippen LogP contribution >= 0.6 is 0 Å². The fourth-order valence-electron chi connectivity index (χ4n) is 6.40. The van der Waals surface area contributed by atoms with E-state index in [-0.39, 0.29) is 25.3 Å². The van der Waals surface area contributed by atoms with Gasteiger partial charge >= 0.3 is 0 Å². The Morgan fingerprint density at radius 3 is 2.11 bits per heavy atom. The lowest BCUT2D eigenvalue weighted by Crippen LogP contribution is -2.57. The highest BCUT2D eigenvalue weighted by atomic mass is 16.2. The van der Waals surface area contributed by atoms with Gasteiger partial charge in [0, 0.05) is 56.7 Å². The van der Waals surface area contributed by atoms with Crippen molar-refractivity contribution in [1.29, 1.82) is 0 Å². The van der Waals surface area contributed by atoms with E-state index in [1.807, 2.05) is 29.2 Å². The van der Waals surface area contributed by atoms with Crippen LogP contribution in [0.15, 0.2) is 60.9 Å². The summed E-state index contributed by atoms with van der Waals surface area (Å²) in [6, 6.07) is 17.7. The van der Waals surface area contributed by atoms with Gasteiger partial charge in [0.25, 0.3) is 0 Å². The van der Waals surface area contributed by atoms with Gasteiger partial charge < -0.3 is 20.9 Å². The van der Waals surface area contributed by atoms with Crippen molar-refractivity contribution in [3.05, 3.63) is 72.1 Å². The third-order valence-electron chi connectivity index (χ3n) is 8.53. The molecule has 3 aromatic rings. The first-order valence-corrected chi connectivity index (χ1v) is 15.5. The smallest absolute Gasteiger partial charge is 0.245 e. The molecule has 0 saturated carbocycles. The molecule has 3 N–H and O–H groups in total. The average molecular weight is 599 g/mol. The first-order chi connectivity index (χ1) is 20.9. The summed E-state index contributed by atoms with van der Waals surface area (Å²) in [5.41, 5.74) is 4.19. The first-order valence-electron chi connectivity index (χ1n) is 15.5. The Labute approximate surface area is 261 Å². The number of rotatable bonds is 2.